The number of fused-ring (bicyclic) bond motifs is 1. The molecule has 7 nitrogen and oxygen atoms in total. The minimum absolute atomic E-state index is 0.0235. The molecule has 164 valence electrons. The highest BCUT2D eigenvalue weighted by Gasteiger charge is 2.47. The van der Waals surface area contributed by atoms with E-state index >= 15 is 0 Å². The zero-order chi connectivity index (χ0) is 21.0. The van der Waals surface area contributed by atoms with Crippen molar-refractivity contribution in [1.82, 2.24) is 15.2 Å². The normalized spacial score (nSPS) is 26.7. The smallest absolute Gasteiger partial charge is 0.253 e. The predicted octanol–water partition coefficient (Wildman–Crippen LogP) is 2.83. The molecule has 1 aromatic rings. The van der Waals surface area contributed by atoms with Crippen molar-refractivity contribution in [2.24, 2.45) is 11.8 Å². The fourth-order valence-electron chi connectivity index (χ4n) is 5.24. The zero-order valence-electron chi connectivity index (χ0n) is 18.0. The second kappa shape index (κ2) is 9.33. The van der Waals surface area contributed by atoms with Crippen molar-refractivity contribution >= 4 is 17.6 Å². The summed E-state index contributed by atoms with van der Waals surface area (Å²) in [4.78, 5) is 31.1. The van der Waals surface area contributed by atoms with Crippen LogP contribution in [0.15, 0.2) is 18.3 Å². The summed E-state index contributed by atoms with van der Waals surface area (Å²) in [6.07, 6.45) is 9.96. The molecule has 2 amide bonds. The molecule has 0 radical (unpaired) electrons. The lowest BCUT2D eigenvalue weighted by molar-refractivity contribution is -0.119. The highest BCUT2D eigenvalue weighted by Crippen LogP contribution is 2.40. The Bertz CT molecular complexity index is 765. The standard InChI is InChI=1S/C23H34N4O3/c1-27(11-6-17-7-12-30-13-8-17)22(29)18-5-10-24-20(14-18)25-16-23-9-3-2-4-19(23)15-21(28)26-23/h5,10,14,17,19H,2-4,6-9,11-13,15-16H2,1H3,(H,24,25)(H,26,28)/t19-,23+/m0/s1. The van der Waals surface area contributed by atoms with E-state index in [0.717, 1.165) is 58.3 Å². The molecule has 1 saturated carbocycles. The van der Waals surface area contributed by atoms with Gasteiger partial charge < -0.3 is 20.3 Å². The molecule has 1 aromatic heterocycles. The van der Waals surface area contributed by atoms with E-state index in [-0.39, 0.29) is 17.4 Å². The number of hydrogen-bond donors (Lipinski definition) is 2. The van der Waals surface area contributed by atoms with Crippen molar-refractivity contribution < 1.29 is 14.3 Å². The van der Waals surface area contributed by atoms with E-state index < -0.39 is 0 Å². The van der Waals surface area contributed by atoms with Crippen LogP contribution in [0.1, 0.15) is 61.7 Å². The lowest BCUT2D eigenvalue weighted by Crippen LogP contribution is -2.52. The first-order chi connectivity index (χ1) is 14.6. The van der Waals surface area contributed by atoms with Crippen LogP contribution in [-0.4, -0.2) is 60.6 Å². The fourth-order valence-corrected chi connectivity index (χ4v) is 5.24. The lowest BCUT2D eigenvalue weighted by Gasteiger charge is -2.39. The molecule has 30 heavy (non-hydrogen) atoms. The summed E-state index contributed by atoms with van der Waals surface area (Å²) in [6.45, 7) is 3.09. The molecule has 0 spiro atoms. The van der Waals surface area contributed by atoms with Gasteiger partial charge in [-0.25, -0.2) is 4.98 Å². The van der Waals surface area contributed by atoms with Gasteiger partial charge in [0.05, 0.1) is 5.54 Å². The molecular weight excluding hydrogens is 380 g/mol. The van der Waals surface area contributed by atoms with Gasteiger partial charge in [0.1, 0.15) is 5.82 Å². The Morgan fingerprint density at radius 1 is 1.33 bits per heavy atom. The minimum Gasteiger partial charge on any atom is -0.381 e. The average molecular weight is 415 g/mol. The summed E-state index contributed by atoms with van der Waals surface area (Å²) in [7, 11) is 1.87. The molecule has 3 heterocycles. The Labute approximate surface area is 178 Å². The maximum absolute atomic E-state index is 12.9. The monoisotopic (exact) mass is 414 g/mol. The summed E-state index contributed by atoms with van der Waals surface area (Å²) in [5.41, 5.74) is 0.479. The van der Waals surface area contributed by atoms with Crippen LogP contribution in [0, 0.1) is 11.8 Å². The first kappa shape index (κ1) is 21.1. The molecule has 0 unspecified atom stereocenters. The van der Waals surface area contributed by atoms with Crippen LogP contribution in [0.4, 0.5) is 5.82 Å². The second-order valence-corrected chi connectivity index (χ2v) is 9.21. The Kier molecular flexibility index (Phi) is 6.56. The van der Waals surface area contributed by atoms with Crippen LogP contribution in [-0.2, 0) is 9.53 Å². The van der Waals surface area contributed by atoms with Crippen molar-refractivity contribution in [2.45, 2.75) is 56.9 Å². The molecule has 2 N–H and O–H groups in total. The van der Waals surface area contributed by atoms with Gasteiger partial charge in [-0.2, -0.15) is 0 Å². The van der Waals surface area contributed by atoms with Crippen LogP contribution in [0.5, 0.6) is 0 Å². The highest BCUT2D eigenvalue weighted by atomic mass is 16.5. The van der Waals surface area contributed by atoms with Crippen molar-refractivity contribution in [3.8, 4) is 0 Å². The van der Waals surface area contributed by atoms with E-state index in [0.29, 0.717) is 36.2 Å². The Hall–Kier alpha value is -2.15. The lowest BCUT2D eigenvalue weighted by atomic mass is 9.74. The third-order valence-corrected chi connectivity index (χ3v) is 7.18. The topological polar surface area (TPSA) is 83.6 Å². The van der Waals surface area contributed by atoms with Gasteiger partial charge in [0.25, 0.3) is 5.91 Å². The number of ether oxygens (including phenoxy) is 1. The number of aromatic nitrogens is 1. The third-order valence-electron chi connectivity index (χ3n) is 7.18. The number of amides is 2. The van der Waals surface area contributed by atoms with Crippen LogP contribution in [0.3, 0.4) is 0 Å². The first-order valence-corrected chi connectivity index (χ1v) is 11.4. The molecule has 3 aliphatic rings. The van der Waals surface area contributed by atoms with Gasteiger partial charge in [-0.15, -0.1) is 0 Å². The van der Waals surface area contributed by atoms with E-state index in [1.54, 1.807) is 12.3 Å². The zero-order valence-corrected chi connectivity index (χ0v) is 18.0. The van der Waals surface area contributed by atoms with Crippen molar-refractivity contribution in [3.63, 3.8) is 0 Å². The molecule has 2 atom stereocenters. The molecule has 2 saturated heterocycles. The van der Waals surface area contributed by atoms with E-state index in [4.69, 9.17) is 4.74 Å². The molecule has 3 fully saturated rings. The van der Waals surface area contributed by atoms with Gasteiger partial charge in [0, 0.05) is 51.5 Å². The Morgan fingerprint density at radius 3 is 3.00 bits per heavy atom. The molecule has 1 aliphatic carbocycles. The number of rotatable bonds is 7. The number of pyridine rings is 1. The Morgan fingerprint density at radius 2 is 2.17 bits per heavy atom. The fraction of sp³-hybridized carbons (Fsp3) is 0.696. The number of anilines is 1. The molecule has 7 heteroatoms. The van der Waals surface area contributed by atoms with Gasteiger partial charge in [-0.1, -0.05) is 12.8 Å². The number of carbonyl (C=O) groups is 2. The molecule has 0 aromatic carbocycles. The molecule has 2 aliphatic heterocycles. The molecular formula is C23H34N4O3. The van der Waals surface area contributed by atoms with Crippen LogP contribution in [0.2, 0.25) is 0 Å². The predicted molar refractivity (Wildman–Crippen MR) is 115 cm³/mol. The number of hydrogen-bond acceptors (Lipinski definition) is 5. The molecule has 4 rings (SSSR count). The van der Waals surface area contributed by atoms with E-state index in [2.05, 4.69) is 15.6 Å². The van der Waals surface area contributed by atoms with E-state index in [9.17, 15) is 9.59 Å². The van der Waals surface area contributed by atoms with Crippen LogP contribution >= 0.6 is 0 Å². The summed E-state index contributed by atoms with van der Waals surface area (Å²) >= 11 is 0. The van der Waals surface area contributed by atoms with E-state index in [1.807, 2.05) is 18.0 Å². The first-order valence-electron chi connectivity index (χ1n) is 11.4. The van der Waals surface area contributed by atoms with Crippen LogP contribution in [0.25, 0.3) is 0 Å². The maximum Gasteiger partial charge on any atom is 0.253 e. The van der Waals surface area contributed by atoms with E-state index in [1.165, 1.54) is 6.42 Å². The van der Waals surface area contributed by atoms with Gasteiger partial charge in [-0.3, -0.25) is 9.59 Å². The van der Waals surface area contributed by atoms with Crippen molar-refractivity contribution in [2.75, 3.05) is 38.7 Å². The van der Waals surface area contributed by atoms with Crippen LogP contribution < -0.4 is 10.6 Å². The third kappa shape index (κ3) is 4.77. The average Bonchev–Trinajstić information content (AvgIpc) is 3.12. The summed E-state index contributed by atoms with van der Waals surface area (Å²) in [5.74, 6) is 1.92. The number of nitrogens with one attached hydrogen (secondary N) is 2. The van der Waals surface area contributed by atoms with Gasteiger partial charge in [0.15, 0.2) is 0 Å². The van der Waals surface area contributed by atoms with Gasteiger partial charge >= 0.3 is 0 Å². The number of nitrogens with zero attached hydrogens (tertiary/aromatic N) is 2. The molecule has 0 bridgehead atoms. The van der Waals surface area contributed by atoms with Crippen molar-refractivity contribution in [3.05, 3.63) is 23.9 Å². The van der Waals surface area contributed by atoms with Gasteiger partial charge in [0.2, 0.25) is 5.91 Å². The number of carbonyl (C=O) groups excluding carboxylic acids is 2. The second-order valence-electron chi connectivity index (χ2n) is 9.21. The minimum atomic E-state index is -0.169. The van der Waals surface area contributed by atoms with Crippen molar-refractivity contribution in [1.29, 1.82) is 0 Å². The summed E-state index contributed by atoms with van der Waals surface area (Å²) in [6, 6.07) is 3.61. The highest BCUT2D eigenvalue weighted by molar-refractivity contribution is 5.94. The van der Waals surface area contributed by atoms with Gasteiger partial charge in [-0.05, 0) is 56.1 Å². The summed E-state index contributed by atoms with van der Waals surface area (Å²) in [5, 5.41) is 6.63. The quantitative estimate of drug-likeness (QED) is 0.717. The maximum atomic E-state index is 12.9. The Balaban J connectivity index is 1.34. The largest absolute Gasteiger partial charge is 0.381 e. The SMILES string of the molecule is CN(CCC1CCOCC1)C(=O)c1ccnc(NC[C@]23CCCC[C@H]2CC(=O)N3)c1. The summed E-state index contributed by atoms with van der Waals surface area (Å²) < 4.78 is 5.42.